The van der Waals surface area contributed by atoms with Gasteiger partial charge in [-0.2, -0.15) is 0 Å². The van der Waals surface area contributed by atoms with Gasteiger partial charge in [0.25, 0.3) is 0 Å². The van der Waals surface area contributed by atoms with E-state index in [0.29, 0.717) is 19.3 Å². The van der Waals surface area contributed by atoms with Crippen LogP contribution in [0.25, 0.3) is 0 Å². The number of unbranched alkanes of at least 4 members (excludes halogenated alkanes) is 31. The molecule has 0 bridgehead atoms. The molecule has 0 saturated heterocycles. The van der Waals surface area contributed by atoms with Crippen molar-refractivity contribution in [2.75, 3.05) is 13.2 Å². The highest BCUT2D eigenvalue weighted by atomic mass is 16.6. The molecule has 82 heavy (non-hydrogen) atoms. The third-order valence-electron chi connectivity index (χ3n) is 14.7. The maximum Gasteiger partial charge on any atom is 0.306 e. The summed E-state index contributed by atoms with van der Waals surface area (Å²) in [5.74, 6) is -0.901. The molecule has 0 heterocycles. The summed E-state index contributed by atoms with van der Waals surface area (Å²) in [7, 11) is 0. The molecule has 0 aromatic heterocycles. The number of esters is 3. The monoisotopic (exact) mass is 1140 g/mol. The van der Waals surface area contributed by atoms with Crippen LogP contribution in [0.1, 0.15) is 323 Å². The van der Waals surface area contributed by atoms with Crippen LogP contribution in [0.15, 0.2) is 122 Å². The Kier molecular flexibility index (Phi) is 65.8. The van der Waals surface area contributed by atoms with Gasteiger partial charge in [-0.3, -0.25) is 14.4 Å². The van der Waals surface area contributed by atoms with E-state index in [1.165, 1.54) is 135 Å². The molecule has 0 aliphatic rings. The lowest BCUT2D eigenvalue weighted by Gasteiger charge is -2.18. The first kappa shape index (κ1) is 77.8. The average molecular weight is 1140 g/mol. The van der Waals surface area contributed by atoms with Gasteiger partial charge in [0, 0.05) is 19.3 Å². The average Bonchev–Trinajstić information content (AvgIpc) is 3.47. The normalized spacial score (nSPS) is 12.9. The number of carbonyl (C=O) groups excluding carboxylic acids is 3. The summed E-state index contributed by atoms with van der Waals surface area (Å²) < 4.78 is 16.9. The van der Waals surface area contributed by atoms with E-state index in [2.05, 4.69) is 142 Å². The van der Waals surface area contributed by atoms with Gasteiger partial charge in [-0.05, 0) is 128 Å². The first-order chi connectivity index (χ1) is 40.5. The predicted octanol–water partition coefficient (Wildman–Crippen LogP) is 23.9. The number of ether oxygens (including phenoxy) is 3. The zero-order valence-corrected chi connectivity index (χ0v) is 53.7. The highest BCUT2D eigenvalue weighted by Gasteiger charge is 2.19. The van der Waals surface area contributed by atoms with Gasteiger partial charge in [-0.25, -0.2) is 0 Å². The van der Waals surface area contributed by atoms with E-state index in [4.69, 9.17) is 14.2 Å². The Morgan fingerprint density at radius 2 is 0.500 bits per heavy atom. The fourth-order valence-corrected chi connectivity index (χ4v) is 9.52. The summed E-state index contributed by atoms with van der Waals surface area (Å²) in [4.78, 5) is 38.3. The van der Waals surface area contributed by atoms with Crippen LogP contribution in [-0.4, -0.2) is 37.2 Å². The van der Waals surface area contributed by atoms with Crippen LogP contribution in [0.2, 0.25) is 0 Å². The molecule has 0 fully saturated rings. The van der Waals surface area contributed by atoms with Gasteiger partial charge in [-0.15, -0.1) is 0 Å². The molecule has 0 aliphatic carbocycles. The molecule has 0 N–H and O–H groups in total. The molecule has 6 nitrogen and oxygen atoms in total. The molecule has 0 saturated carbocycles. The van der Waals surface area contributed by atoms with Crippen LogP contribution in [0.3, 0.4) is 0 Å². The third-order valence-corrected chi connectivity index (χ3v) is 14.7. The fraction of sp³-hybridized carbons (Fsp3) is 0.697. The Bertz CT molecular complexity index is 1690. The molecule has 0 rings (SSSR count). The van der Waals surface area contributed by atoms with Crippen molar-refractivity contribution < 1.29 is 28.6 Å². The minimum absolute atomic E-state index is 0.0859. The van der Waals surface area contributed by atoms with Crippen molar-refractivity contribution in [2.24, 2.45) is 0 Å². The topological polar surface area (TPSA) is 78.9 Å². The maximum absolute atomic E-state index is 12.9. The van der Waals surface area contributed by atoms with E-state index in [1.807, 2.05) is 0 Å². The molecule has 0 spiro atoms. The van der Waals surface area contributed by atoms with Gasteiger partial charge < -0.3 is 14.2 Å². The van der Waals surface area contributed by atoms with E-state index in [1.54, 1.807) is 0 Å². The summed E-state index contributed by atoms with van der Waals surface area (Å²) in [5.41, 5.74) is 0. The van der Waals surface area contributed by atoms with E-state index >= 15 is 0 Å². The summed E-state index contributed by atoms with van der Waals surface area (Å²) in [5, 5.41) is 0. The molecule has 0 aromatic carbocycles. The van der Waals surface area contributed by atoms with Crippen molar-refractivity contribution in [1.82, 2.24) is 0 Å². The van der Waals surface area contributed by atoms with Gasteiger partial charge in [0.2, 0.25) is 0 Å². The van der Waals surface area contributed by atoms with E-state index in [0.717, 1.165) is 148 Å². The molecule has 0 radical (unpaired) electrons. The van der Waals surface area contributed by atoms with E-state index < -0.39 is 6.10 Å². The molecular formula is C76H128O6. The summed E-state index contributed by atoms with van der Waals surface area (Å²) >= 11 is 0. The second-order valence-electron chi connectivity index (χ2n) is 22.7. The first-order valence-electron chi connectivity index (χ1n) is 34.5. The fourth-order valence-electron chi connectivity index (χ4n) is 9.52. The summed E-state index contributed by atoms with van der Waals surface area (Å²) in [6, 6.07) is 0. The van der Waals surface area contributed by atoms with Crippen LogP contribution in [0, 0.1) is 0 Å². The molecule has 0 amide bonds. The van der Waals surface area contributed by atoms with Crippen LogP contribution in [-0.2, 0) is 28.6 Å². The van der Waals surface area contributed by atoms with Gasteiger partial charge >= 0.3 is 17.9 Å². The quantitative estimate of drug-likeness (QED) is 0.0261. The number of carbonyl (C=O) groups is 3. The zero-order chi connectivity index (χ0) is 59.2. The largest absolute Gasteiger partial charge is 0.462 e. The molecule has 0 aromatic rings. The van der Waals surface area contributed by atoms with Gasteiger partial charge in [0.05, 0.1) is 0 Å². The van der Waals surface area contributed by atoms with Crippen molar-refractivity contribution in [1.29, 1.82) is 0 Å². The Morgan fingerprint density at radius 1 is 0.256 bits per heavy atom. The molecule has 468 valence electrons. The van der Waals surface area contributed by atoms with Crippen molar-refractivity contribution in [3.05, 3.63) is 122 Å². The van der Waals surface area contributed by atoms with Gasteiger partial charge in [-0.1, -0.05) is 296 Å². The van der Waals surface area contributed by atoms with Crippen LogP contribution in [0.4, 0.5) is 0 Å². The van der Waals surface area contributed by atoms with Gasteiger partial charge in [0.15, 0.2) is 6.10 Å². The standard InChI is InChI=1S/C76H128O6/c1-4-7-10-13-16-19-22-25-27-29-30-31-32-33-34-35-36-37-38-39-40-41-42-43-44-45-46-47-49-51-54-57-60-63-66-69-75(78)81-72-73(71-80-74(77)68-65-62-59-56-53-50-24-21-18-15-12-9-6-3)82-76(79)70-67-64-61-58-55-52-48-28-26-23-20-17-14-11-8-5-2/h7,10,12,15-16,19,21,24-25,27-28,30-31,33-34,36-37,39-40,48,73H,4-6,8-9,11,13-14,17-18,20,22-23,26,29,32,35,38,41-47,49-72H2,1-3H3/b10-7-,15-12-,19-16-,24-21-,27-25-,31-30-,34-33-,37-36-,40-39-,48-28-. The molecular weight excluding hydrogens is 1010 g/mol. The van der Waals surface area contributed by atoms with Crippen LogP contribution >= 0.6 is 0 Å². The van der Waals surface area contributed by atoms with E-state index in [9.17, 15) is 14.4 Å². The van der Waals surface area contributed by atoms with E-state index in [-0.39, 0.29) is 31.1 Å². The predicted molar refractivity (Wildman–Crippen MR) is 357 cm³/mol. The van der Waals surface area contributed by atoms with Gasteiger partial charge in [0.1, 0.15) is 13.2 Å². The lowest BCUT2D eigenvalue weighted by Crippen LogP contribution is -2.30. The number of allylic oxidation sites excluding steroid dienone is 20. The Balaban J connectivity index is 4.20. The highest BCUT2D eigenvalue weighted by molar-refractivity contribution is 5.71. The van der Waals surface area contributed by atoms with Crippen LogP contribution in [0.5, 0.6) is 0 Å². The zero-order valence-electron chi connectivity index (χ0n) is 53.7. The lowest BCUT2D eigenvalue weighted by atomic mass is 10.0. The Labute approximate surface area is 507 Å². The third kappa shape index (κ3) is 66.6. The molecule has 1 atom stereocenters. The number of hydrogen-bond acceptors (Lipinski definition) is 6. The number of hydrogen-bond donors (Lipinski definition) is 0. The molecule has 6 heteroatoms. The van der Waals surface area contributed by atoms with Crippen molar-refractivity contribution in [2.45, 2.75) is 329 Å². The van der Waals surface area contributed by atoms with Crippen molar-refractivity contribution >= 4 is 17.9 Å². The smallest absolute Gasteiger partial charge is 0.306 e. The minimum Gasteiger partial charge on any atom is -0.462 e. The second-order valence-corrected chi connectivity index (χ2v) is 22.7. The van der Waals surface area contributed by atoms with Crippen molar-refractivity contribution in [3.63, 3.8) is 0 Å². The van der Waals surface area contributed by atoms with Crippen LogP contribution < -0.4 is 0 Å². The molecule has 1 unspecified atom stereocenters. The Hall–Kier alpha value is -4.19. The minimum atomic E-state index is -0.790. The SMILES string of the molecule is CC/C=C\C/C=C\C/C=C\C/C=C\C/C=C\C/C=C\C/C=C\CCCCCCCCCCCCCCCC(=O)OCC(COC(=O)CCCCCCC/C=C\C/C=C\CCC)OC(=O)CCCCCCC/C=C\CCCCCCCCC. The molecule has 0 aliphatic heterocycles. The lowest BCUT2D eigenvalue weighted by molar-refractivity contribution is -0.167. The highest BCUT2D eigenvalue weighted by Crippen LogP contribution is 2.16. The second kappa shape index (κ2) is 69.3. The number of rotatable bonds is 62. The first-order valence-corrected chi connectivity index (χ1v) is 34.5. The summed E-state index contributed by atoms with van der Waals surface area (Å²) in [6.45, 7) is 6.46. The summed E-state index contributed by atoms with van der Waals surface area (Å²) in [6.07, 6.45) is 96.5. The maximum atomic E-state index is 12.9. The van der Waals surface area contributed by atoms with Crippen molar-refractivity contribution in [3.8, 4) is 0 Å². The Morgan fingerprint density at radius 3 is 0.805 bits per heavy atom.